The van der Waals surface area contributed by atoms with Crippen molar-refractivity contribution in [2.75, 3.05) is 4.90 Å². The van der Waals surface area contributed by atoms with Gasteiger partial charge in [-0.25, -0.2) is 4.98 Å². The average molecular weight is 603 g/mol. The van der Waals surface area contributed by atoms with Gasteiger partial charge in [-0.1, -0.05) is 103 Å². The van der Waals surface area contributed by atoms with E-state index in [1.807, 2.05) is 42.5 Å². The second kappa shape index (κ2) is 10.1. The van der Waals surface area contributed by atoms with Crippen molar-refractivity contribution >= 4 is 82.4 Å². The van der Waals surface area contributed by atoms with Crippen molar-refractivity contribution < 1.29 is 8.83 Å². The van der Waals surface area contributed by atoms with Crippen LogP contribution in [0, 0.1) is 0 Å². The first-order chi connectivity index (χ1) is 23.3. The molecule has 10 rings (SSSR count). The van der Waals surface area contributed by atoms with Gasteiger partial charge in [-0.15, -0.1) is 0 Å². The third-order valence-corrected chi connectivity index (χ3v) is 9.24. The Morgan fingerprint density at radius 2 is 1.15 bits per heavy atom. The molecular formula is C43H26N2O2. The van der Waals surface area contributed by atoms with E-state index in [9.17, 15) is 0 Å². The zero-order valence-corrected chi connectivity index (χ0v) is 25.2. The zero-order valence-electron chi connectivity index (χ0n) is 25.2. The topological polar surface area (TPSA) is 42.4 Å². The summed E-state index contributed by atoms with van der Waals surface area (Å²) in [7, 11) is 0. The molecule has 0 amide bonds. The van der Waals surface area contributed by atoms with Crippen LogP contribution in [-0.4, -0.2) is 4.98 Å². The van der Waals surface area contributed by atoms with Gasteiger partial charge >= 0.3 is 0 Å². The van der Waals surface area contributed by atoms with E-state index in [4.69, 9.17) is 13.8 Å². The second-order valence-corrected chi connectivity index (χ2v) is 11.9. The Hall–Kier alpha value is -6.39. The number of anilines is 3. The van der Waals surface area contributed by atoms with Crippen LogP contribution in [0.5, 0.6) is 0 Å². The van der Waals surface area contributed by atoms with Crippen molar-refractivity contribution in [3.05, 3.63) is 158 Å². The van der Waals surface area contributed by atoms with Gasteiger partial charge in [0.1, 0.15) is 16.7 Å². The molecule has 0 radical (unpaired) electrons. The summed E-state index contributed by atoms with van der Waals surface area (Å²) in [6.45, 7) is 0. The van der Waals surface area contributed by atoms with Crippen LogP contribution >= 0.6 is 0 Å². The van der Waals surface area contributed by atoms with Crippen LogP contribution in [0.2, 0.25) is 0 Å². The Kier molecular flexibility index (Phi) is 5.54. The van der Waals surface area contributed by atoms with E-state index >= 15 is 0 Å². The molecule has 0 saturated heterocycles. The van der Waals surface area contributed by atoms with Crippen molar-refractivity contribution in [1.82, 2.24) is 4.98 Å². The Balaban J connectivity index is 1.29. The van der Waals surface area contributed by atoms with Crippen molar-refractivity contribution in [3.63, 3.8) is 0 Å². The average Bonchev–Trinajstić information content (AvgIpc) is 3.76. The van der Waals surface area contributed by atoms with Gasteiger partial charge in [0.05, 0.1) is 11.1 Å². The third-order valence-electron chi connectivity index (χ3n) is 9.24. The van der Waals surface area contributed by atoms with Crippen LogP contribution in [0.1, 0.15) is 0 Å². The maximum absolute atomic E-state index is 6.51. The summed E-state index contributed by atoms with van der Waals surface area (Å²) >= 11 is 0. The predicted octanol–water partition coefficient (Wildman–Crippen LogP) is 12.3. The lowest BCUT2D eigenvalue weighted by Crippen LogP contribution is -2.10. The van der Waals surface area contributed by atoms with Crippen molar-refractivity contribution in [2.24, 2.45) is 0 Å². The van der Waals surface area contributed by atoms with Crippen molar-refractivity contribution in [1.29, 1.82) is 0 Å². The maximum Gasteiger partial charge on any atom is 0.227 e. The molecule has 220 valence electrons. The highest BCUT2D eigenvalue weighted by molar-refractivity contribution is 6.30. The number of nitrogens with zero attached hydrogens (tertiary/aromatic N) is 2. The molecule has 0 aliphatic heterocycles. The molecule has 0 unspecified atom stereocenters. The lowest BCUT2D eigenvalue weighted by atomic mass is 9.94. The van der Waals surface area contributed by atoms with Crippen LogP contribution in [0.3, 0.4) is 0 Å². The minimum Gasteiger partial charge on any atom is -0.456 e. The number of aromatic nitrogens is 1. The van der Waals surface area contributed by atoms with E-state index in [-0.39, 0.29) is 0 Å². The molecule has 0 spiro atoms. The number of furan rings is 1. The van der Waals surface area contributed by atoms with Crippen LogP contribution in [0.4, 0.5) is 17.1 Å². The largest absolute Gasteiger partial charge is 0.456 e. The number of rotatable bonds is 4. The lowest BCUT2D eigenvalue weighted by Gasteiger charge is -2.26. The molecule has 2 aromatic heterocycles. The number of oxazole rings is 1. The highest BCUT2D eigenvalue weighted by Crippen LogP contribution is 2.45. The van der Waals surface area contributed by atoms with Gasteiger partial charge in [0.2, 0.25) is 5.89 Å². The highest BCUT2D eigenvalue weighted by atomic mass is 16.3. The number of hydrogen-bond donors (Lipinski definition) is 0. The Labute approximate surface area is 269 Å². The molecule has 8 aromatic carbocycles. The molecule has 0 atom stereocenters. The highest BCUT2D eigenvalue weighted by Gasteiger charge is 2.21. The summed E-state index contributed by atoms with van der Waals surface area (Å²) in [6, 6.07) is 54.9. The van der Waals surface area contributed by atoms with Gasteiger partial charge in [-0.05, 0) is 76.1 Å². The fourth-order valence-electron chi connectivity index (χ4n) is 7.17. The van der Waals surface area contributed by atoms with E-state index < -0.39 is 0 Å². The number of para-hydroxylation sites is 2. The van der Waals surface area contributed by atoms with Gasteiger partial charge in [-0.2, -0.15) is 0 Å². The summed E-state index contributed by atoms with van der Waals surface area (Å²) in [5.74, 6) is 0.628. The molecular weight excluding hydrogens is 576 g/mol. The molecule has 0 saturated carbocycles. The Bertz CT molecular complexity index is 2800. The van der Waals surface area contributed by atoms with Gasteiger partial charge in [0.25, 0.3) is 0 Å². The molecule has 0 N–H and O–H groups in total. The van der Waals surface area contributed by atoms with E-state index in [0.717, 1.165) is 82.6 Å². The van der Waals surface area contributed by atoms with Gasteiger partial charge in [0, 0.05) is 33.1 Å². The fourth-order valence-corrected chi connectivity index (χ4v) is 7.17. The van der Waals surface area contributed by atoms with E-state index in [2.05, 4.69) is 120 Å². The van der Waals surface area contributed by atoms with E-state index in [1.54, 1.807) is 0 Å². The van der Waals surface area contributed by atoms with Crippen LogP contribution < -0.4 is 4.90 Å². The summed E-state index contributed by atoms with van der Waals surface area (Å²) in [6.07, 6.45) is 0. The summed E-state index contributed by atoms with van der Waals surface area (Å²) in [5.41, 5.74) is 7.59. The Morgan fingerprint density at radius 1 is 0.447 bits per heavy atom. The van der Waals surface area contributed by atoms with Crippen LogP contribution in [0.25, 0.3) is 76.8 Å². The van der Waals surface area contributed by atoms with Crippen molar-refractivity contribution in [2.45, 2.75) is 0 Å². The first kappa shape index (κ1) is 25.9. The van der Waals surface area contributed by atoms with Gasteiger partial charge in [-0.3, -0.25) is 0 Å². The first-order valence-electron chi connectivity index (χ1n) is 15.8. The van der Waals surface area contributed by atoms with Gasteiger partial charge < -0.3 is 13.7 Å². The smallest absolute Gasteiger partial charge is 0.227 e. The summed E-state index contributed by atoms with van der Waals surface area (Å²) in [5, 5.41) is 8.95. The standard InChI is InChI=1S/C43H26N2O2/c1-3-12-28(13-4-1)43-44-41-34-25-23-27-22-24-30(26-35(27)39(34)31-16-7-8-17-32(31)42(41)47-43)45(29-14-5-2-6-15-29)36-19-11-21-38-40(36)33-18-9-10-20-37(33)46-38/h1-26H. The predicted molar refractivity (Wildman–Crippen MR) is 194 cm³/mol. The lowest BCUT2D eigenvalue weighted by molar-refractivity contribution is 0.623. The molecule has 47 heavy (non-hydrogen) atoms. The van der Waals surface area contributed by atoms with Crippen LogP contribution in [-0.2, 0) is 0 Å². The number of hydrogen-bond acceptors (Lipinski definition) is 4. The van der Waals surface area contributed by atoms with E-state index in [0.29, 0.717) is 5.89 Å². The second-order valence-electron chi connectivity index (χ2n) is 11.9. The zero-order chi connectivity index (χ0) is 30.9. The molecule has 0 aliphatic rings. The maximum atomic E-state index is 6.51. The van der Waals surface area contributed by atoms with E-state index in [1.165, 1.54) is 5.39 Å². The summed E-state index contributed by atoms with van der Waals surface area (Å²) in [4.78, 5) is 7.43. The molecule has 10 aromatic rings. The number of benzene rings is 8. The molecule has 4 nitrogen and oxygen atoms in total. The Morgan fingerprint density at radius 3 is 2.00 bits per heavy atom. The first-order valence-corrected chi connectivity index (χ1v) is 15.8. The molecule has 0 bridgehead atoms. The van der Waals surface area contributed by atoms with Crippen molar-refractivity contribution in [3.8, 4) is 11.5 Å². The normalized spacial score (nSPS) is 11.8. The number of fused-ring (bicyclic) bond motifs is 11. The monoisotopic (exact) mass is 602 g/mol. The SMILES string of the molecule is c1ccc(-c2nc3c4ccc5ccc(N(c6ccccc6)c6cccc7oc8ccccc8c67)cc5c4c4ccccc4c3o2)cc1. The molecule has 0 aliphatic carbocycles. The fraction of sp³-hybridized carbons (Fsp3) is 0. The summed E-state index contributed by atoms with van der Waals surface area (Å²) < 4.78 is 12.8. The van der Waals surface area contributed by atoms with Crippen LogP contribution in [0.15, 0.2) is 167 Å². The molecule has 2 heterocycles. The van der Waals surface area contributed by atoms with Gasteiger partial charge in [0.15, 0.2) is 5.58 Å². The molecule has 0 fully saturated rings. The minimum atomic E-state index is 0.628. The quantitative estimate of drug-likeness (QED) is 0.188. The molecule has 4 heteroatoms. The third kappa shape index (κ3) is 3.92. The minimum absolute atomic E-state index is 0.628.